The first-order valence-corrected chi connectivity index (χ1v) is 14.7. The van der Waals surface area contributed by atoms with Crippen LogP contribution in [0.25, 0.3) is 11.3 Å². The van der Waals surface area contributed by atoms with Gasteiger partial charge in [0.25, 0.3) is 11.9 Å². The third-order valence-corrected chi connectivity index (χ3v) is 9.47. The van der Waals surface area contributed by atoms with Crippen LogP contribution >= 0.6 is 0 Å². The summed E-state index contributed by atoms with van der Waals surface area (Å²) < 4.78 is 62.5. The molecular weight excluding hydrogens is 504 g/mol. The Kier molecular flexibility index (Phi) is 7.17. The highest BCUT2D eigenvalue weighted by Gasteiger charge is 2.39. The molecule has 3 heterocycles. The Morgan fingerprint density at radius 1 is 1.03 bits per heavy atom. The van der Waals surface area contributed by atoms with Crippen molar-refractivity contribution in [1.29, 1.82) is 0 Å². The van der Waals surface area contributed by atoms with E-state index in [9.17, 15) is 22.0 Å². The minimum absolute atomic E-state index is 0.136. The Hall–Kier alpha value is -2.69. The molecule has 0 unspecified atom stereocenters. The number of piperidine rings is 1. The van der Waals surface area contributed by atoms with Gasteiger partial charge >= 0.3 is 5.97 Å². The number of anilines is 2. The molecule has 1 aromatic carbocycles. The van der Waals surface area contributed by atoms with Crippen LogP contribution in [0.5, 0.6) is 0 Å². The largest absolute Gasteiger partial charge is 0.469 e. The summed E-state index contributed by atoms with van der Waals surface area (Å²) in [4.78, 5) is 21.2. The second-order valence-electron chi connectivity index (χ2n) is 10.3. The molecule has 37 heavy (non-hydrogen) atoms. The fraction of sp³-hybridized carbons (Fsp3) is 0.615. The zero-order chi connectivity index (χ0) is 26.2. The molecule has 2 aliphatic heterocycles. The number of benzene rings is 1. The summed E-state index contributed by atoms with van der Waals surface area (Å²) in [6.07, 6.45) is 2.80. The van der Waals surface area contributed by atoms with E-state index < -0.39 is 15.8 Å². The number of rotatable bonds is 5. The molecule has 11 heteroatoms. The SMILES string of the molecule is COC(=O)[C@@H]1CCCC[C@H]1c1oc(N2CCC(F)(F)CC2)nc1-c1ccc(N2CCS(=O)(=O)CC2)cc1. The maximum absolute atomic E-state index is 13.8. The topological polar surface area (TPSA) is 92.9 Å². The maximum atomic E-state index is 13.8. The van der Waals surface area contributed by atoms with E-state index in [1.807, 2.05) is 29.2 Å². The summed E-state index contributed by atoms with van der Waals surface area (Å²) in [5.74, 6) is -2.65. The van der Waals surface area contributed by atoms with Crippen LogP contribution in [-0.2, 0) is 19.4 Å². The number of halogens is 2. The van der Waals surface area contributed by atoms with Crippen molar-refractivity contribution in [2.24, 2.45) is 5.92 Å². The Bertz CT molecular complexity index is 1210. The molecule has 0 N–H and O–H groups in total. The molecule has 0 spiro atoms. The molecule has 3 aliphatic rings. The molecule has 1 aromatic heterocycles. The summed E-state index contributed by atoms with van der Waals surface area (Å²) in [7, 11) is -1.59. The summed E-state index contributed by atoms with van der Waals surface area (Å²) >= 11 is 0. The number of oxazole rings is 1. The quantitative estimate of drug-likeness (QED) is 0.523. The fourth-order valence-electron chi connectivity index (χ4n) is 5.62. The lowest BCUT2D eigenvalue weighted by atomic mass is 9.77. The van der Waals surface area contributed by atoms with Crippen LogP contribution in [0, 0.1) is 5.92 Å². The molecule has 1 aliphatic carbocycles. The number of methoxy groups -OCH3 is 1. The first-order valence-electron chi connectivity index (χ1n) is 12.9. The van der Waals surface area contributed by atoms with Gasteiger partial charge in [0.2, 0.25) is 0 Å². The van der Waals surface area contributed by atoms with E-state index in [1.165, 1.54) is 7.11 Å². The van der Waals surface area contributed by atoms with Gasteiger partial charge in [-0.3, -0.25) is 4.79 Å². The van der Waals surface area contributed by atoms with E-state index in [0.717, 1.165) is 30.5 Å². The number of alkyl halides is 2. The van der Waals surface area contributed by atoms with Crippen molar-refractivity contribution >= 4 is 27.5 Å². The molecule has 0 radical (unpaired) electrons. The summed E-state index contributed by atoms with van der Waals surface area (Å²) in [5, 5.41) is 0. The van der Waals surface area contributed by atoms with Crippen LogP contribution in [0.3, 0.4) is 0 Å². The van der Waals surface area contributed by atoms with Gasteiger partial charge in [-0.25, -0.2) is 17.2 Å². The minimum atomic E-state index is -2.98. The van der Waals surface area contributed by atoms with Crippen molar-refractivity contribution in [1.82, 2.24) is 4.98 Å². The number of ether oxygens (including phenoxy) is 1. The average molecular weight is 538 g/mol. The van der Waals surface area contributed by atoms with E-state index in [0.29, 0.717) is 37.0 Å². The Balaban J connectivity index is 1.47. The minimum Gasteiger partial charge on any atom is -0.469 e. The van der Waals surface area contributed by atoms with Gasteiger partial charge in [0.05, 0.1) is 24.5 Å². The van der Waals surface area contributed by atoms with Gasteiger partial charge in [-0.1, -0.05) is 25.0 Å². The predicted octanol–water partition coefficient (Wildman–Crippen LogP) is 4.26. The van der Waals surface area contributed by atoms with Crippen molar-refractivity contribution in [3.8, 4) is 11.3 Å². The number of carbonyl (C=O) groups excluding carboxylic acids is 1. The van der Waals surface area contributed by atoms with Gasteiger partial charge in [0, 0.05) is 56.2 Å². The molecule has 0 bridgehead atoms. The van der Waals surface area contributed by atoms with E-state index in [-0.39, 0.29) is 55.2 Å². The number of nitrogens with zero attached hydrogens (tertiary/aromatic N) is 3. The molecule has 8 nitrogen and oxygen atoms in total. The van der Waals surface area contributed by atoms with Gasteiger partial charge in [0.15, 0.2) is 9.84 Å². The maximum Gasteiger partial charge on any atom is 0.309 e. The van der Waals surface area contributed by atoms with Crippen molar-refractivity contribution in [3.05, 3.63) is 30.0 Å². The Morgan fingerprint density at radius 3 is 2.32 bits per heavy atom. The van der Waals surface area contributed by atoms with Crippen molar-refractivity contribution in [3.63, 3.8) is 0 Å². The standard InChI is InChI=1S/C26H33F2N3O5S/c1-35-24(32)21-5-3-2-4-20(21)23-22(29-25(36-23)31-12-10-26(27,28)11-13-31)18-6-8-19(9-7-18)30-14-16-37(33,34)17-15-30/h6-9,20-21H,2-5,10-17H2,1H3/t20-,21-/m1/s1. The molecule has 5 rings (SSSR count). The van der Waals surface area contributed by atoms with E-state index >= 15 is 0 Å². The second-order valence-corrected chi connectivity index (χ2v) is 12.6. The lowest BCUT2D eigenvalue weighted by molar-refractivity contribution is -0.147. The van der Waals surface area contributed by atoms with Gasteiger partial charge < -0.3 is 19.0 Å². The molecule has 2 saturated heterocycles. The number of hydrogen-bond donors (Lipinski definition) is 0. The van der Waals surface area contributed by atoms with Crippen LogP contribution in [-0.4, -0.2) is 70.1 Å². The number of sulfone groups is 1. The molecule has 202 valence electrons. The predicted molar refractivity (Wildman–Crippen MR) is 136 cm³/mol. The number of esters is 1. The van der Waals surface area contributed by atoms with E-state index in [1.54, 1.807) is 4.90 Å². The van der Waals surface area contributed by atoms with Crippen LogP contribution in [0.4, 0.5) is 20.5 Å². The van der Waals surface area contributed by atoms with E-state index in [2.05, 4.69) is 0 Å². The van der Waals surface area contributed by atoms with Crippen LogP contribution in [0.1, 0.15) is 50.2 Å². The van der Waals surface area contributed by atoms with Crippen LogP contribution in [0.2, 0.25) is 0 Å². The highest BCUT2D eigenvalue weighted by atomic mass is 32.2. The van der Waals surface area contributed by atoms with E-state index in [4.69, 9.17) is 14.1 Å². The lowest BCUT2D eigenvalue weighted by Gasteiger charge is -2.31. The smallest absolute Gasteiger partial charge is 0.309 e. The fourth-order valence-corrected chi connectivity index (χ4v) is 6.82. The monoisotopic (exact) mass is 537 g/mol. The number of hydrogen-bond acceptors (Lipinski definition) is 8. The molecular formula is C26H33F2N3O5S. The third kappa shape index (κ3) is 5.61. The zero-order valence-electron chi connectivity index (χ0n) is 21.0. The number of aromatic nitrogens is 1. The average Bonchev–Trinajstić information content (AvgIpc) is 3.33. The third-order valence-electron chi connectivity index (χ3n) is 7.86. The summed E-state index contributed by atoms with van der Waals surface area (Å²) in [6.45, 7) is 1.19. The first-order chi connectivity index (χ1) is 17.7. The summed E-state index contributed by atoms with van der Waals surface area (Å²) in [6, 6.07) is 8.02. The van der Waals surface area contributed by atoms with Crippen molar-refractivity contribution in [2.45, 2.75) is 50.4 Å². The number of carbonyl (C=O) groups is 1. The van der Waals surface area contributed by atoms with Crippen molar-refractivity contribution in [2.75, 3.05) is 54.6 Å². The Morgan fingerprint density at radius 2 is 1.68 bits per heavy atom. The van der Waals surface area contributed by atoms with Gasteiger partial charge in [-0.15, -0.1) is 0 Å². The van der Waals surface area contributed by atoms with Gasteiger partial charge in [-0.2, -0.15) is 4.98 Å². The molecule has 0 amide bonds. The zero-order valence-corrected chi connectivity index (χ0v) is 21.8. The second kappa shape index (κ2) is 10.2. The molecule has 1 saturated carbocycles. The van der Waals surface area contributed by atoms with Crippen LogP contribution < -0.4 is 9.80 Å². The molecule has 2 aromatic rings. The van der Waals surface area contributed by atoms with Crippen LogP contribution in [0.15, 0.2) is 28.7 Å². The van der Waals surface area contributed by atoms with Gasteiger partial charge in [-0.05, 0) is 25.0 Å². The van der Waals surface area contributed by atoms with Gasteiger partial charge in [0.1, 0.15) is 11.5 Å². The highest BCUT2D eigenvalue weighted by molar-refractivity contribution is 7.91. The van der Waals surface area contributed by atoms with Crippen molar-refractivity contribution < 1.29 is 31.1 Å². The normalized spacial score (nSPS) is 25.6. The molecule has 3 fully saturated rings. The lowest BCUT2D eigenvalue weighted by Crippen LogP contribution is -2.40. The Labute approximate surface area is 215 Å². The first kappa shape index (κ1) is 25.9. The highest BCUT2D eigenvalue weighted by Crippen LogP contribution is 2.44. The summed E-state index contributed by atoms with van der Waals surface area (Å²) in [5.41, 5.74) is 2.34. The molecule has 2 atom stereocenters.